The van der Waals surface area contributed by atoms with Crippen LogP contribution in [-0.4, -0.2) is 4.57 Å². The van der Waals surface area contributed by atoms with E-state index in [1.54, 1.807) is 10.8 Å². The average molecular weight is 260 g/mol. The zero-order valence-corrected chi connectivity index (χ0v) is 10.2. The van der Waals surface area contributed by atoms with Crippen LogP contribution in [-0.2, 0) is 0 Å². The summed E-state index contributed by atoms with van der Waals surface area (Å²) in [7, 11) is 0. The molecule has 2 nitrogen and oxygen atoms in total. The quantitative estimate of drug-likeness (QED) is 0.770. The predicted molar refractivity (Wildman–Crippen MR) is 65.8 cm³/mol. The van der Waals surface area contributed by atoms with Crippen LogP contribution < -0.4 is 5.43 Å². The number of benzene rings is 1. The molecule has 1 aromatic heterocycles. The molecule has 0 unspecified atom stereocenters. The maximum atomic E-state index is 13.1. The highest BCUT2D eigenvalue weighted by Crippen LogP contribution is 2.18. The molecule has 0 aliphatic heterocycles. The van der Waals surface area contributed by atoms with E-state index in [1.165, 1.54) is 6.07 Å². The Hall–Kier alpha value is -1.42. The smallest absolute Gasteiger partial charge is 0.189 e. The van der Waals surface area contributed by atoms with Crippen LogP contribution >= 0.6 is 12.4 Å². The topological polar surface area (TPSA) is 22.0 Å². The number of fused-ring (bicyclic) bond motifs is 1. The van der Waals surface area contributed by atoms with Gasteiger partial charge in [0.15, 0.2) is 17.1 Å². The zero-order chi connectivity index (χ0) is 11.9. The molecule has 0 fully saturated rings. The summed E-state index contributed by atoms with van der Waals surface area (Å²) in [5, 5.41) is 0.204. The molecule has 0 radical (unpaired) electrons. The highest BCUT2D eigenvalue weighted by Gasteiger charge is 2.10. The molecule has 2 aromatic rings. The molecule has 0 aliphatic rings. The van der Waals surface area contributed by atoms with Crippen LogP contribution in [0.15, 0.2) is 29.2 Å². The van der Waals surface area contributed by atoms with Gasteiger partial charge in [-0.15, -0.1) is 12.4 Å². The Kier molecular flexibility index (Phi) is 3.88. The minimum Gasteiger partial charge on any atom is -0.345 e. The lowest BCUT2D eigenvalue weighted by molar-refractivity contribution is 0.509. The Balaban J connectivity index is 0.00000144. The van der Waals surface area contributed by atoms with Crippen LogP contribution in [0.25, 0.3) is 10.9 Å². The maximum absolute atomic E-state index is 13.1. The monoisotopic (exact) mass is 259 g/mol. The largest absolute Gasteiger partial charge is 0.345 e. The van der Waals surface area contributed by atoms with Crippen molar-refractivity contribution in [2.24, 2.45) is 0 Å². The molecule has 92 valence electrons. The summed E-state index contributed by atoms with van der Waals surface area (Å²) < 4.78 is 27.9. The van der Waals surface area contributed by atoms with Gasteiger partial charge in [-0.25, -0.2) is 8.78 Å². The molecule has 17 heavy (non-hydrogen) atoms. The first-order valence-corrected chi connectivity index (χ1v) is 5.00. The van der Waals surface area contributed by atoms with E-state index in [0.717, 1.165) is 12.1 Å². The third-order valence-corrected chi connectivity index (χ3v) is 2.53. The summed E-state index contributed by atoms with van der Waals surface area (Å²) in [6, 6.07) is 3.45. The first-order valence-electron chi connectivity index (χ1n) is 5.00. The van der Waals surface area contributed by atoms with Crippen LogP contribution in [0.2, 0.25) is 0 Å². The van der Waals surface area contributed by atoms with Crippen molar-refractivity contribution in [3.05, 3.63) is 46.3 Å². The van der Waals surface area contributed by atoms with Crippen LogP contribution in [0.4, 0.5) is 8.78 Å². The van der Waals surface area contributed by atoms with E-state index in [1.807, 2.05) is 13.8 Å². The van der Waals surface area contributed by atoms with Crippen LogP contribution in [0.1, 0.15) is 19.9 Å². The molecular weight excluding hydrogens is 248 g/mol. The van der Waals surface area contributed by atoms with Gasteiger partial charge in [0.2, 0.25) is 0 Å². The number of hydrogen-bond acceptors (Lipinski definition) is 1. The molecule has 0 N–H and O–H groups in total. The van der Waals surface area contributed by atoms with Gasteiger partial charge in [-0.3, -0.25) is 4.79 Å². The van der Waals surface area contributed by atoms with E-state index in [0.29, 0.717) is 5.52 Å². The normalized spacial score (nSPS) is 10.6. The molecule has 1 aromatic carbocycles. The van der Waals surface area contributed by atoms with Gasteiger partial charge >= 0.3 is 0 Å². The minimum atomic E-state index is -0.994. The van der Waals surface area contributed by atoms with Gasteiger partial charge < -0.3 is 4.57 Å². The van der Waals surface area contributed by atoms with Crippen molar-refractivity contribution in [2.45, 2.75) is 19.9 Å². The minimum absolute atomic E-state index is 0. The summed E-state index contributed by atoms with van der Waals surface area (Å²) in [5.74, 6) is -1.93. The number of hydrogen-bond donors (Lipinski definition) is 0. The van der Waals surface area contributed by atoms with Crippen molar-refractivity contribution in [2.75, 3.05) is 0 Å². The summed E-state index contributed by atoms with van der Waals surface area (Å²) in [4.78, 5) is 11.5. The van der Waals surface area contributed by atoms with Crippen LogP contribution in [0.5, 0.6) is 0 Å². The molecule has 0 aliphatic carbocycles. The Labute approximate surface area is 103 Å². The van der Waals surface area contributed by atoms with Crippen LogP contribution in [0, 0.1) is 11.6 Å². The Morgan fingerprint density at radius 3 is 2.35 bits per heavy atom. The van der Waals surface area contributed by atoms with Crippen molar-refractivity contribution in [1.29, 1.82) is 0 Å². The molecule has 0 saturated carbocycles. The lowest BCUT2D eigenvalue weighted by Gasteiger charge is -2.14. The average Bonchev–Trinajstić information content (AvgIpc) is 2.21. The van der Waals surface area contributed by atoms with Gasteiger partial charge in [-0.05, 0) is 19.9 Å². The predicted octanol–water partition coefficient (Wildman–Crippen LogP) is 3.28. The molecule has 0 spiro atoms. The number of aromatic nitrogens is 1. The third-order valence-electron chi connectivity index (χ3n) is 2.53. The van der Waals surface area contributed by atoms with Gasteiger partial charge in [-0.2, -0.15) is 0 Å². The first kappa shape index (κ1) is 13.6. The van der Waals surface area contributed by atoms with Gasteiger partial charge in [0.1, 0.15) is 0 Å². The van der Waals surface area contributed by atoms with Crippen molar-refractivity contribution < 1.29 is 8.78 Å². The molecule has 1 heterocycles. The molecule has 2 rings (SSSR count). The number of nitrogens with zero attached hydrogens (tertiary/aromatic N) is 1. The first-order chi connectivity index (χ1) is 7.50. The van der Waals surface area contributed by atoms with Crippen molar-refractivity contribution in [1.82, 2.24) is 4.57 Å². The van der Waals surface area contributed by atoms with E-state index in [2.05, 4.69) is 0 Å². The van der Waals surface area contributed by atoms with E-state index >= 15 is 0 Å². The van der Waals surface area contributed by atoms with Gasteiger partial charge in [-0.1, -0.05) is 0 Å². The Morgan fingerprint density at radius 1 is 1.18 bits per heavy atom. The molecule has 5 heteroatoms. The second kappa shape index (κ2) is 4.84. The van der Waals surface area contributed by atoms with Crippen molar-refractivity contribution in [3.8, 4) is 0 Å². The zero-order valence-electron chi connectivity index (χ0n) is 9.41. The summed E-state index contributed by atoms with van der Waals surface area (Å²) in [6.07, 6.45) is 1.59. The fraction of sp³-hybridized carbons (Fsp3) is 0.250. The Morgan fingerprint density at radius 2 is 1.76 bits per heavy atom. The second-order valence-corrected chi connectivity index (χ2v) is 3.96. The lowest BCUT2D eigenvalue weighted by Crippen LogP contribution is -2.10. The lowest BCUT2D eigenvalue weighted by atomic mass is 10.2. The standard InChI is InChI=1S/C12H11F2NO.ClH/c1-7(2)15-4-3-12(16)8-5-9(13)10(14)6-11(8)15;/h3-7H,1-2H3;1H. The molecule has 0 bridgehead atoms. The van der Waals surface area contributed by atoms with Crippen molar-refractivity contribution >= 4 is 23.3 Å². The molecule has 0 saturated heterocycles. The highest BCUT2D eigenvalue weighted by atomic mass is 35.5. The second-order valence-electron chi connectivity index (χ2n) is 3.96. The van der Waals surface area contributed by atoms with E-state index < -0.39 is 11.6 Å². The molecule has 0 amide bonds. The maximum Gasteiger partial charge on any atom is 0.189 e. The summed E-state index contributed by atoms with van der Waals surface area (Å²) in [6.45, 7) is 3.82. The Bertz CT molecular complexity index is 607. The van der Waals surface area contributed by atoms with Gasteiger partial charge in [0.05, 0.1) is 5.52 Å². The third kappa shape index (κ3) is 2.31. The van der Waals surface area contributed by atoms with E-state index in [9.17, 15) is 13.6 Å². The van der Waals surface area contributed by atoms with E-state index in [-0.39, 0.29) is 29.3 Å². The fourth-order valence-electron chi connectivity index (χ4n) is 1.72. The molecule has 0 atom stereocenters. The fourth-order valence-corrected chi connectivity index (χ4v) is 1.72. The van der Waals surface area contributed by atoms with Crippen molar-refractivity contribution in [3.63, 3.8) is 0 Å². The number of pyridine rings is 1. The summed E-state index contributed by atoms with van der Waals surface area (Å²) >= 11 is 0. The number of rotatable bonds is 1. The van der Waals surface area contributed by atoms with Gasteiger partial charge in [0.25, 0.3) is 0 Å². The highest BCUT2D eigenvalue weighted by molar-refractivity contribution is 5.85. The molecular formula is C12H12ClF2NO. The SMILES string of the molecule is CC(C)n1ccc(=O)c2cc(F)c(F)cc21.Cl. The van der Waals surface area contributed by atoms with E-state index in [4.69, 9.17) is 0 Å². The number of halogens is 3. The van der Waals surface area contributed by atoms with Gasteiger partial charge in [0, 0.05) is 29.8 Å². The van der Waals surface area contributed by atoms with Crippen LogP contribution in [0.3, 0.4) is 0 Å². The summed E-state index contributed by atoms with van der Waals surface area (Å²) in [5.41, 5.74) is 0.118.